The molecule has 0 unspecified atom stereocenters. The molecule has 0 bridgehead atoms. The van der Waals surface area contributed by atoms with Gasteiger partial charge < -0.3 is 9.30 Å². The molecule has 128 valence electrons. The number of benzene rings is 1. The van der Waals surface area contributed by atoms with Gasteiger partial charge in [-0.1, -0.05) is 0 Å². The average Bonchev–Trinajstić information content (AvgIpc) is 2.79. The molecule has 1 aromatic heterocycles. The van der Waals surface area contributed by atoms with Gasteiger partial charge in [0.25, 0.3) is 0 Å². The normalized spacial score (nSPS) is 11.6. The molecule has 24 heavy (non-hydrogen) atoms. The van der Waals surface area contributed by atoms with Gasteiger partial charge in [0.2, 0.25) is 0 Å². The third-order valence-corrected chi connectivity index (χ3v) is 3.97. The molecular formula is C15H10BrF5N2O. The van der Waals surface area contributed by atoms with E-state index in [2.05, 4.69) is 15.9 Å². The van der Waals surface area contributed by atoms with Gasteiger partial charge in [-0.15, -0.1) is 0 Å². The minimum absolute atomic E-state index is 0.0682. The summed E-state index contributed by atoms with van der Waals surface area (Å²) in [6, 6.07) is 4.29. The van der Waals surface area contributed by atoms with Crippen LogP contribution in [0.3, 0.4) is 0 Å². The van der Waals surface area contributed by atoms with Crippen LogP contribution < -0.4 is 0 Å². The highest BCUT2D eigenvalue weighted by molar-refractivity contribution is 9.10. The molecule has 0 aliphatic rings. The number of hydrogen-bond acceptors (Lipinski definition) is 2. The first-order chi connectivity index (χ1) is 11.2. The van der Waals surface area contributed by atoms with E-state index in [9.17, 15) is 27.2 Å². The molecule has 0 atom stereocenters. The molecule has 0 amide bonds. The van der Waals surface area contributed by atoms with Crippen LogP contribution in [0.1, 0.15) is 18.2 Å². The third-order valence-electron chi connectivity index (χ3n) is 3.20. The van der Waals surface area contributed by atoms with Crippen molar-refractivity contribution >= 4 is 15.9 Å². The molecule has 1 heterocycles. The number of aromatic nitrogens is 1. The first kappa shape index (κ1) is 18.4. The second kappa shape index (κ2) is 6.91. The van der Waals surface area contributed by atoms with Crippen LogP contribution in [0.25, 0.3) is 11.3 Å². The maximum atomic E-state index is 13.5. The molecule has 0 aliphatic heterocycles. The summed E-state index contributed by atoms with van der Waals surface area (Å²) in [5, 5.41) is 9.24. The Morgan fingerprint density at radius 1 is 1.25 bits per heavy atom. The van der Waals surface area contributed by atoms with Crippen molar-refractivity contribution in [1.29, 1.82) is 5.26 Å². The Bertz CT molecular complexity index is 808. The van der Waals surface area contributed by atoms with Crippen LogP contribution in [0.15, 0.2) is 22.7 Å². The minimum Gasteiger partial charge on any atom is -0.361 e. The third kappa shape index (κ3) is 3.30. The van der Waals surface area contributed by atoms with Gasteiger partial charge in [-0.25, -0.2) is 8.78 Å². The summed E-state index contributed by atoms with van der Waals surface area (Å²) < 4.78 is 72.0. The molecule has 3 nitrogen and oxygen atoms in total. The van der Waals surface area contributed by atoms with Crippen molar-refractivity contribution in [3.63, 3.8) is 0 Å². The zero-order valence-corrected chi connectivity index (χ0v) is 13.8. The number of halogens is 6. The van der Waals surface area contributed by atoms with Gasteiger partial charge in [0, 0.05) is 12.2 Å². The summed E-state index contributed by atoms with van der Waals surface area (Å²) in [4.78, 5) is 0. The zero-order chi connectivity index (χ0) is 18.1. The molecule has 0 radical (unpaired) electrons. The molecule has 0 N–H and O–H groups in total. The van der Waals surface area contributed by atoms with Gasteiger partial charge in [0.05, 0.1) is 15.7 Å². The Balaban J connectivity index is 2.82. The Hall–Kier alpha value is -1.92. The predicted octanol–water partition coefficient (Wildman–Crippen LogP) is 5.08. The molecular weight excluding hydrogens is 399 g/mol. The molecule has 0 saturated carbocycles. The Morgan fingerprint density at radius 3 is 2.42 bits per heavy atom. The SMILES string of the molecule is CCOCn1c(-c2ccc(F)c(F)c2)c(C#N)c(Br)c1C(F)(F)F. The monoisotopic (exact) mass is 408 g/mol. The van der Waals surface area contributed by atoms with Crippen LogP contribution in [0.5, 0.6) is 0 Å². The molecule has 2 aromatic rings. The number of nitrogens with zero attached hydrogens (tertiary/aromatic N) is 2. The van der Waals surface area contributed by atoms with E-state index < -0.39 is 34.7 Å². The smallest absolute Gasteiger partial charge is 0.361 e. The Labute approximate surface area is 142 Å². The maximum absolute atomic E-state index is 13.5. The van der Waals surface area contributed by atoms with E-state index >= 15 is 0 Å². The van der Waals surface area contributed by atoms with Gasteiger partial charge in [0.1, 0.15) is 18.5 Å². The summed E-state index contributed by atoms with van der Waals surface area (Å²) in [7, 11) is 0. The summed E-state index contributed by atoms with van der Waals surface area (Å²) in [5.41, 5.74) is -1.74. The standard InChI is InChI=1S/C15H10BrF5N2O/c1-2-24-7-23-13(8-3-4-10(17)11(18)5-8)9(6-22)12(16)14(23)15(19,20)21/h3-5H,2,7H2,1H3. The lowest BCUT2D eigenvalue weighted by atomic mass is 10.1. The van der Waals surface area contributed by atoms with Crippen LogP contribution in [-0.4, -0.2) is 11.2 Å². The number of ether oxygens (including phenoxy) is 1. The van der Waals surface area contributed by atoms with Gasteiger partial charge >= 0.3 is 6.18 Å². The number of rotatable bonds is 4. The van der Waals surface area contributed by atoms with Crippen LogP contribution in [0.4, 0.5) is 22.0 Å². The quantitative estimate of drug-likeness (QED) is 0.661. The summed E-state index contributed by atoms with van der Waals surface area (Å²) in [6.45, 7) is 1.22. The predicted molar refractivity (Wildman–Crippen MR) is 78.8 cm³/mol. The highest BCUT2D eigenvalue weighted by Crippen LogP contribution is 2.43. The molecule has 0 aliphatic carbocycles. The van der Waals surface area contributed by atoms with Gasteiger partial charge in [0.15, 0.2) is 11.6 Å². The highest BCUT2D eigenvalue weighted by Gasteiger charge is 2.40. The lowest BCUT2D eigenvalue weighted by Crippen LogP contribution is -2.16. The van der Waals surface area contributed by atoms with Crippen molar-refractivity contribution in [1.82, 2.24) is 4.57 Å². The average molecular weight is 409 g/mol. The molecule has 0 saturated heterocycles. The zero-order valence-electron chi connectivity index (χ0n) is 12.2. The number of nitriles is 1. The molecule has 2 rings (SSSR count). The van der Waals surface area contributed by atoms with Crippen molar-refractivity contribution in [2.45, 2.75) is 19.8 Å². The summed E-state index contributed by atoms with van der Waals surface area (Å²) in [5.74, 6) is -2.37. The topological polar surface area (TPSA) is 38.0 Å². The molecule has 0 spiro atoms. The van der Waals surface area contributed by atoms with Crippen molar-refractivity contribution < 1.29 is 26.7 Å². The first-order valence-electron chi connectivity index (χ1n) is 6.64. The highest BCUT2D eigenvalue weighted by atomic mass is 79.9. The molecule has 1 aromatic carbocycles. The molecule has 0 fully saturated rings. The molecule has 9 heteroatoms. The van der Waals surface area contributed by atoms with E-state index in [1.165, 1.54) is 0 Å². The number of hydrogen-bond donors (Lipinski definition) is 0. The van der Waals surface area contributed by atoms with Gasteiger partial charge in [-0.2, -0.15) is 18.4 Å². The van der Waals surface area contributed by atoms with E-state index in [1.807, 2.05) is 0 Å². The van der Waals surface area contributed by atoms with E-state index in [0.717, 1.165) is 22.8 Å². The first-order valence-corrected chi connectivity index (χ1v) is 7.44. The van der Waals surface area contributed by atoms with Gasteiger partial charge in [-0.3, -0.25) is 0 Å². The maximum Gasteiger partial charge on any atom is 0.432 e. The van der Waals surface area contributed by atoms with E-state index in [0.29, 0.717) is 0 Å². The lowest BCUT2D eigenvalue weighted by Gasteiger charge is -2.15. The Morgan fingerprint density at radius 2 is 1.92 bits per heavy atom. The second-order valence-electron chi connectivity index (χ2n) is 4.67. The van der Waals surface area contributed by atoms with Crippen LogP contribution in [0, 0.1) is 23.0 Å². The summed E-state index contributed by atoms with van der Waals surface area (Å²) in [6.07, 6.45) is -4.78. The van der Waals surface area contributed by atoms with E-state index in [4.69, 9.17) is 4.74 Å². The summed E-state index contributed by atoms with van der Waals surface area (Å²) >= 11 is 2.78. The van der Waals surface area contributed by atoms with Crippen molar-refractivity contribution in [3.05, 3.63) is 45.6 Å². The van der Waals surface area contributed by atoms with Gasteiger partial charge in [-0.05, 0) is 41.1 Å². The van der Waals surface area contributed by atoms with Crippen molar-refractivity contribution in [2.24, 2.45) is 0 Å². The number of alkyl halides is 3. The second-order valence-corrected chi connectivity index (χ2v) is 5.47. The largest absolute Gasteiger partial charge is 0.432 e. The van der Waals surface area contributed by atoms with E-state index in [1.54, 1.807) is 13.0 Å². The van der Waals surface area contributed by atoms with E-state index in [-0.39, 0.29) is 23.4 Å². The minimum atomic E-state index is -4.78. The Kier molecular flexibility index (Phi) is 5.30. The van der Waals surface area contributed by atoms with Crippen LogP contribution in [-0.2, 0) is 17.6 Å². The fourth-order valence-corrected chi connectivity index (χ4v) is 2.94. The fourth-order valence-electron chi connectivity index (χ4n) is 2.22. The van der Waals surface area contributed by atoms with Crippen molar-refractivity contribution in [2.75, 3.05) is 6.61 Å². The van der Waals surface area contributed by atoms with Crippen LogP contribution in [0.2, 0.25) is 0 Å². The lowest BCUT2D eigenvalue weighted by molar-refractivity contribution is -0.146. The van der Waals surface area contributed by atoms with Crippen LogP contribution >= 0.6 is 15.9 Å². The van der Waals surface area contributed by atoms with Crippen molar-refractivity contribution in [3.8, 4) is 17.3 Å². The fraction of sp³-hybridized carbons (Fsp3) is 0.267.